The van der Waals surface area contributed by atoms with Crippen molar-refractivity contribution in [1.29, 1.82) is 0 Å². The number of rotatable bonds is 4. The molecule has 0 bridgehead atoms. The molecule has 0 aliphatic carbocycles. The van der Waals surface area contributed by atoms with E-state index in [-0.39, 0.29) is 23.5 Å². The molecule has 2 saturated heterocycles. The number of nitrogens with zero attached hydrogens (tertiary/aromatic N) is 4. The number of aromatic nitrogens is 2. The van der Waals surface area contributed by atoms with Crippen molar-refractivity contribution in [3.05, 3.63) is 47.5 Å². The first-order chi connectivity index (χ1) is 16.9. The summed E-state index contributed by atoms with van der Waals surface area (Å²) < 4.78 is 18.0. The molecule has 7 nitrogen and oxygen atoms in total. The van der Waals surface area contributed by atoms with Gasteiger partial charge in [0.1, 0.15) is 10.6 Å². The van der Waals surface area contributed by atoms with E-state index in [1.54, 1.807) is 18.3 Å². The first-order valence-electron chi connectivity index (χ1n) is 12.3. The van der Waals surface area contributed by atoms with Crippen molar-refractivity contribution in [2.75, 3.05) is 36.4 Å². The predicted octanol–water partition coefficient (Wildman–Crippen LogP) is 4.87. The number of carbonyl (C=O) groups is 2. The van der Waals surface area contributed by atoms with E-state index in [9.17, 15) is 14.0 Å². The Hall–Kier alpha value is -3.07. The largest absolute Gasteiger partial charge is 0.370 e. The minimum absolute atomic E-state index is 0.0258. The summed E-state index contributed by atoms with van der Waals surface area (Å²) in [5, 5.41) is 3.78. The van der Waals surface area contributed by atoms with Crippen LogP contribution in [0.2, 0.25) is 0 Å². The molecule has 2 fully saturated rings. The molecule has 4 heterocycles. The number of hydrogen-bond donors (Lipinski definition) is 1. The van der Waals surface area contributed by atoms with Gasteiger partial charge < -0.3 is 15.1 Å². The number of aryl methyl sites for hydroxylation is 1. The molecule has 2 aliphatic rings. The molecule has 184 valence electrons. The highest BCUT2D eigenvalue weighted by molar-refractivity contribution is 7.13. The van der Waals surface area contributed by atoms with Crippen molar-refractivity contribution < 1.29 is 14.0 Å². The van der Waals surface area contributed by atoms with Gasteiger partial charge in [-0.25, -0.2) is 9.37 Å². The lowest BCUT2D eigenvalue weighted by atomic mass is 9.94. The first-order valence-corrected chi connectivity index (χ1v) is 13.0. The molecule has 1 aromatic carbocycles. The molecule has 0 spiro atoms. The van der Waals surface area contributed by atoms with Crippen LogP contribution in [-0.4, -0.2) is 52.3 Å². The van der Waals surface area contributed by atoms with Gasteiger partial charge in [0.25, 0.3) is 5.91 Å². The number of nitrogens with one attached hydrogen (secondary N) is 1. The fourth-order valence-corrected chi connectivity index (χ4v) is 5.83. The summed E-state index contributed by atoms with van der Waals surface area (Å²) in [5.74, 6) is 0.0239. The van der Waals surface area contributed by atoms with Crippen molar-refractivity contribution in [3.63, 3.8) is 0 Å². The van der Waals surface area contributed by atoms with Gasteiger partial charge in [-0.3, -0.25) is 9.59 Å². The summed E-state index contributed by atoms with van der Waals surface area (Å²) in [4.78, 5) is 36.0. The van der Waals surface area contributed by atoms with Crippen molar-refractivity contribution in [3.8, 4) is 0 Å². The quantitative estimate of drug-likeness (QED) is 0.559. The average molecular weight is 496 g/mol. The maximum atomic E-state index is 13.6. The summed E-state index contributed by atoms with van der Waals surface area (Å²) in [6.07, 6.45) is 5.04. The maximum absolute atomic E-state index is 13.6. The lowest BCUT2D eigenvalue weighted by Gasteiger charge is -2.36. The summed E-state index contributed by atoms with van der Waals surface area (Å²) in [7, 11) is 0. The van der Waals surface area contributed by atoms with Crippen molar-refractivity contribution in [2.24, 2.45) is 11.8 Å². The number of benzene rings is 1. The molecule has 2 amide bonds. The number of halogens is 1. The van der Waals surface area contributed by atoms with Crippen LogP contribution in [0.15, 0.2) is 30.5 Å². The van der Waals surface area contributed by atoms with Crippen LogP contribution in [0.3, 0.4) is 0 Å². The number of hydrogen-bond acceptors (Lipinski definition) is 6. The van der Waals surface area contributed by atoms with Crippen molar-refractivity contribution >= 4 is 44.9 Å². The average Bonchev–Trinajstić information content (AvgIpc) is 3.24. The van der Waals surface area contributed by atoms with Gasteiger partial charge in [0.2, 0.25) is 5.91 Å². The second-order valence-electron chi connectivity index (χ2n) is 9.70. The zero-order valence-corrected chi connectivity index (χ0v) is 20.9. The predicted molar refractivity (Wildman–Crippen MR) is 136 cm³/mol. The Morgan fingerprint density at radius 3 is 2.57 bits per heavy atom. The van der Waals surface area contributed by atoms with Crippen LogP contribution < -0.4 is 10.2 Å². The standard InChI is InChI=1S/C26H30FN5O2S/c1-16-6-10-32(11-7-16)26(34)21-15-28-25-22(17(2)30-35-25)23(21)31-12-8-18(9-13-31)24(33)29-20-5-3-4-19(27)14-20/h3-5,14-16,18H,6-13H2,1-2H3,(H,29,33). The van der Waals surface area contributed by atoms with E-state index in [2.05, 4.69) is 26.5 Å². The Morgan fingerprint density at radius 2 is 1.86 bits per heavy atom. The molecule has 2 aromatic heterocycles. The third-order valence-corrected chi connectivity index (χ3v) is 8.07. The summed E-state index contributed by atoms with van der Waals surface area (Å²) >= 11 is 1.35. The summed E-state index contributed by atoms with van der Waals surface area (Å²) in [5.41, 5.74) is 2.87. The van der Waals surface area contributed by atoms with Gasteiger partial charge in [0, 0.05) is 44.0 Å². The Bertz CT molecular complexity index is 1250. The zero-order chi connectivity index (χ0) is 24.5. The molecule has 1 N–H and O–H groups in total. The van der Waals surface area contributed by atoms with Gasteiger partial charge in [0.15, 0.2) is 0 Å². The first kappa shape index (κ1) is 23.7. The molecular weight excluding hydrogens is 465 g/mol. The number of fused-ring (bicyclic) bond motifs is 1. The van der Waals surface area contributed by atoms with Gasteiger partial charge in [-0.2, -0.15) is 4.37 Å². The van der Waals surface area contributed by atoms with Crippen LogP contribution in [0.4, 0.5) is 15.8 Å². The van der Waals surface area contributed by atoms with Gasteiger partial charge >= 0.3 is 0 Å². The molecule has 3 aromatic rings. The Morgan fingerprint density at radius 1 is 1.11 bits per heavy atom. The molecule has 2 aliphatic heterocycles. The van der Waals surface area contributed by atoms with E-state index >= 15 is 0 Å². The highest BCUT2D eigenvalue weighted by atomic mass is 32.1. The third kappa shape index (κ3) is 4.87. The number of likely N-dealkylation sites (tertiary alicyclic amines) is 1. The lowest BCUT2D eigenvalue weighted by Crippen LogP contribution is -2.41. The third-order valence-electron chi connectivity index (χ3n) is 7.22. The number of carbonyl (C=O) groups excluding carboxylic acids is 2. The lowest BCUT2D eigenvalue weighted by molar-refractivity contribution is -0.120. The van der Waals surface area contributed by atoms with Crippen LogP contribution >= 0.6 is 11.5 Å². The van der Waals surface area contributed by atoms with Crippen LogP contribution in [0.1, 0.15) is 48.7 Å². The Balaban J connectivity index is 1.36. The van der Waals surface area contributed by atoms with E-state index in [4.69, 9.17) is 0 Å². The molecule has 35 heavy (non-hydrogen) atoms. The number of pyridine rings is 1. The van der Waals surface area contributed by atoms with Crippen molar-refractivity contribution in [2.45, 2.75) is 39.5 Å². The number of piperidine rings is 2. The normalized spacial score (nSPS) is 17.7. The molecule has 0 unspecified atom stereocenters. The fourth-order valence-electron chi connectivity index (χ4n) is 5.08. The van der Waals surface area contributed by atoms with Gasteiger partial charge in [-0.1, -0.05) is 13.0 Å². The number of amides is 2. The zero-order valence-electron chi connectivity index (χ0n) is 20.1. The fraction of sp³-hybridized carbons (Fsp3) is 0.462. The minimum Gasteiger partial charge on any atom is -0.370 e. The second kappa shape index (κ2) is 9.89. The van der Waals surface area contributed by atoms with E-state index in [0.717, 1.165) is 47.5 Å². The second-order valence-corrected chi connectivity index (χ2v) is 10.5. The molecule has 0 radical (unpaired) electrons. The van der Waals surface area contributed by atoms with Crippen LogP contribution in [-0.2, 0) is 4.79 Å². The highest BCUT2D eigenvalue weighted by Crippen LogP contribution is 2.37. The molecular formula is C26H30FN5O2S. The molecule has 0 atom stereocenters. The molecule has 0 saturated carbocycles. The van der Waals surface area contributed by atoms with Crippen LogP contribution in [0, 0.1) is 24.6 Å². The van der Waals surface area contributed by atoms with E-state index in [1.165, 1.54) is 23.7 Å². The molecule has 9 heteroatoms. The SMILES string of the molecule is Cc1nsc2ncc(C(=O)N3CCC(C)CC3)c(N3CCC(C(=O)Nc4cccc(F)c4)CC3)c12. The van der Waals surface area contributed by atoms with Crippen molar-refractivity contribution in [1.82, 2.24) is 14.3 Å². The minimum atomic E-state index is -0.376. The van der Waals surface area contributed by atoms with E-state index < -0.39 is 0 Å². The van der Waals surface area contributed by atoms with Gasteiger partial charge in [-0.15, -0.1) is 0 Å². The molecule has 5 rings (SSSR count). The summed E-state index contributed by atoms with van der Waals surface area (Å²) in [6, 6.07) is 5.96. The Labute approximate surface area is 208 Å². The van der Waals surface area contributed by atoms with E-state index in [1.807, 2.05) is 11.8 Å². The monoisotopic (exact) mass is 495 g/mol. The van der Waals surface area contributed by atoms with Crippen LogP contribution in [0.5, 0.6) is 0 Å². The maximum Gasteiger partial charge on any atom is 0.257 e. The highest BCUT2D eigenvalue weighted by Gasteiger charge is 2.31. The van der Waals surface area contributed by atoms with E-state index in [0.29, 0.717) is 43.1 Å². The smallest absolute Gasteiger partial charge is 0.257 e. The summed E-state index contributed by atoms with van der Waals surface area (Å²) in [6.45, 7) is 7.01. The Kier molecular flexibility index (Phi) is 6.69. The topological polar surface area (TPSA) is 78.4 Å². The van der Waals surface area contributed by atoms with Gasteiger partial charge in [-0.05, 0) is 68.3 Å². The van der Waals surface area contributed by atoms with Gasteiger partial charge in [0.05, 0.1) is 22.3 Å². The van der Waals surface area contributed by atoms with Crippen LogP contribution in [0.25, 0.3) is 10.2 Å². The number of anilines is 2.